The minimum atomic E-state index is -3.33. The molecule has 6 heteroatoms. The quantitative estimate of drug-likeness (QED) is 0.877. The van der Waals surface area contributed by atoms with Crippen molar-refractivity contribution in [3.05, 3.63) is 16.6 Å². The Labute approximate surface area is 84.7 Å². The fourth-order valence-electron chi connectivity index (χ4n) is 0.735. The largest absolute Gasteiger partial charge is 0.492 e. The molecule has 0 saturated heterocycles. The molecule has 0 aromatic carbocycles. The zero-order chi connectivity index (χ0) is 10.1. The SMILES string of the molecule is CCS(=O)(=O)c1ccc(Br)c(O)n1. The van der Waals surface area contributed by atoms with Crippen molar-refractivity contribution in [3.63, 3.8) is 0 Å². The van der Waals surface area contributed by atoms with Crippen LogP contribution in [-0.2, 0) is 9.84 Å². The van der Waals surface area contributed by atoms with Crippen LogP contribution in [-0.4, -0.2) is 24.3 Å². The molecule has 0 fully saturated rings. The molecule has 0 amide bonds. The summed E-state index contributed by atoms with van der Waals surface area (Å²) in [6.45, 7) is 1.52. The van der Waals surface area contributed by atoms with Crippen molar-refractivity contribution in [1.82, 2.24) is 4.98 Å². The number of halogens is 1. The van der Waals surface area contributed by atoms with Gasteiger partial charge in [-0.15, -0.1) is 0 Å². The van der Waals surface area contributed by atoms with Gasteiger partial charge in [0, 0.05) is 0 Å². The highest BCUT2D eigenvalue weighted by atomic mass is 79.9. The van der Waals surface area contributed by atoms with Gasteiger partial charge in [0.2, 0.25) is 5.88 Å². The van der Waals surface area contributed by atoms with Crippen LogP contribution in [0.2, 0.25) is 0 Å². The van der Waals surface area contributed by atoms with Gasteiger partial charge in [-0.1, -0.05) is 6.92 Å². The van der Waals surface area contributed by atoms with E-state index in [0.29, 0.717) is 4.47 Å². The van der Waals surface area contributed by atoms with Crippen LogP contribution in [0.4, 0.5) is 0 Å². The summed E-state index contributed by atoms with van der Waals surface area (Å²) >= 11 is 3.01. The molecule has 0 spiro atoms. The highest BCUT2D eigenvalue weighted by Gasteiger charge is 2.14. The highest BCUT2D eigenvalue weighted by molar-refractivity contribution is 9.10. The maximum Gasteiger partial charge on any atom is 0.226 e. The third kappa shape index (κ3) is 2.19. The molecule has 0 aliphatic heterocycles. The van der Waals surface area contributed by atoms with Gasteiger partial charge in [-0.25, -0.2) is 13.4 Å². The molecule has 0 atom stereocenters. The van der Waals surface area contributed by atoms with Crippen LogP contribution in [0.1, 0.15) is 6.92 Å². The van der Waals surface area contributed by atoms with E-state index in [-0.39, 0.29) is 16.7 Å². The molecule has 0 radical (unpaired) electrons. The zero-order valence-corrected chi connectivity index (χ0v) is 9.26. The Balaban J connectivity index is 3.27. The molecule has 1 aromatic rings. The maximum absolute atomic E-state index is 11.3. The first-order valence-corrected chi connectivity index (χ1v) is 6.00. The average molecular weight is 266 g/mol. The van der Waals surface area contributed by atoms with Gasteiger partial charge >= 0.3 is 0 Å². The topological polar surface area (TPSA) is 67.3 Å². The van der Waals surface area contributed by atoms with E-state index in [1.54, 1.807) is 0 Å². The van der Waals surface area contributed by atoms with Gasteiger partial charge in [0.25, 0.3) is 0 Å². The van der Waals surface area contributed by atoms with E-state index in [1.807, 2.05) is 0 Å². The average Bonchev–Trinajstić information content (AvgIpc) is 2.09. The van der Waals surface area contributed by atoms with Gasteiger partial charge in [-0.3, -0.25) is 0 Å². The molecular formula is C7H8BrNO3S. The predicted octanol–water partition coefficient (Wildman–Crippen LogP) is 1.34. The summed E-state index contributed by atoms with van der Waals surface area (Å²) in [5.74, 6) is -0.337. The second kappa shape index (κ2) is 3.63. The Hall–Kier alpha value is -0.620. The van der Waals surface area contributed by atoms with Crippen LogP contribution in [0, 0.1) is 0 Å². The molecule has 1 N–H and O–H groups in total. The third-order valence-corrected chi connectivity index (χ3v) is 3.74. The first-order chi connectivity index (χ1) is 5.97. The lowest BCUT2D eigenvalue weighted by atomic mass is 10.5. The van der Waals surface area contributed by atoms with Crippen LogP contribution in [0.15, 0.2) is 21.6 Å². The van der Waals surface area contributed by atoms with Gasteiger partial charge < -0.3 is 5.11 Å². The Morgan fingerprint density at radius 1 is 1.54 bits per heavy atom. The Kier molecular flexibility index (Phi) is 2.92. The van der Waals surface area contributed by atoms with Gasteiger partial charge in [0.1, 0.15) is 0 Å². The van der Waals surface area contributed by atoms with E-state index in [9.17, 15) is 8.42 Å². The second-order valence-electron chi connectivity index (χ2n) is 2.36. The van der Waals surface area contributed by atoms with E-state index >= 15 is 0 Å². The molecule has 1 rings (SSSR count). The predicted molar refractivity (Wildman–Crippen MR) is 51.3 cm³/mol. The van der Waals surface area contributed by atoms with Crippen molar-refractivity contribution >= 4 is 25.8 Å². The number of pyridine rings is 1. The number of aromatic nitrogens is 1. The number of rotatable bonds is 2. The van der Waals surface area contributed by atoms with E-state index in [1.165, 1.54) is 19.1 Å². The third-order valence-electron chi connectivity index (χ3n) is 1.50. The minimum absolute atomic E-state index is 0.0267. The molecule has 0 aliphatic rings. The molecule has 72 valence electrons. The summed E-state index contributed by atoms with van der Waals surface area (Å²) in [7, 11) is -3.33. The summed E-state index contributed by atoms with van der Waals surface area (Å²) in [6, 6.07) is 2.80. The molecule has 0 bridgehead atoms. The number of nitrogens with zero attached hydrogens (tertiary/aromatic N) is 1. The lowest BCUT2D eigenvalue weighted by molar-refractivity contribution is 0.443. The Morgan fingerprint density at radius 3 is 2.62 bits per heavy atom. The molecule has 4 nitrogen and oxygen atoms in total. The summed E-state index contributed by atoms with van der Waals surface area (Å²) in [4.78, 5) is 3.54. The van der Waals surface area contributed by atoms with Crippen LogP contribution in [0.25, 0.3) is 0 Å². The molecular weight excluding hydrogens is 258 g/mol. The zero-order valence-electron chi connectivity index (χ0n) is 6.86. The number of hydrogen-bond acceptors (Lipinski definition) is 4. The smallest absolute Gasteiger partial charge is 0.226 e. The highest BCUT2D eigenvalue weighted by Crippen LogP contribution is 2.22. The van der Waals surface area contributed by atoms with Gasteiger partial charge in [0.15, 0.2) is 14.9 Å². The molecule has 1 aromatic heterocycles. The van der Waals surface area contributed by atoms with Crippen molar-refractivity contribution in [2.75, 3.05) is 5.75 Å². The molecule has 0 aliphatic carbocycles. The van der Waals surface area contributed by atoms with Gasteiger partial charge in [-0.05, 0) is 28.1 Å². The monoisotopic (exact) mass is 265 g/mol. The van der Waals surface area contributed by atoms with Crippen LogP contribution >= 0.6 is 15.9 Å². The Bertz CT molecular complexity index is 416. The lowest BCUT2D eigenvalue weighted by Crippen LogP contribution is -2.05. The molecule has 13 heavy (non-hydrogen) atoms. The molecule has 0 unspecified atom stereocenters. The standard InChI is InChI=1S/C7H8BrNO3S/c1-2-13(11,12)6-4-3-5(8)7(10)9-6/h3-4H,2H2,1H3,(H,9,10). The lowest BCUT2D eigenvalue weighted by Gasteiger charge is -2.01. The number of hydrogen-bond donors (Lipinski definition) is 1. The van der Waals surface area contributed by atoms with Crippen molar-refractivity contribution in [1.29, 1.82) is 0 Å². The number of aromatic hydroxyl groups is 1. The van der Waals surface area contributed by atoms with Crippen LogP contribution in [0.3, 0.4) is 0 Å². The molecule has 0 saturated carbocycles. The van der Waals surface area contributed by atoms with Crippen molar-refractivity contribution in [2.24, 2.45) is 0 Å². The fourth-order valence-corrected chi connectivity index (χ4v) is 1.75. The first kappa shape index (κ1) is 10.5. The summed E-state index contributed by atoms with van der Waals surface area (Å²) in [5.41, 5.74) is 0. The van der Waals surface area contributed by atoms with Crippen molar-refractivity contribution < 1.29 is 13.5 Å². The van der Waals surface area contributed by atoms with Crippen LogP contribution < -0.4 is 0 Å². The first-order valence-electron chi connectivity index (χ1n) is 3.55. The summed E-state index contributed by atoms with van der Waals surface area (Å²) in [6.07, 6.45) is 0. The van der Waals surface area contributed by atoms with E-state index in [0.717, 1.165) is 0 Å². The molecule has 1 heterocycles. The second-order valence-corrected chi connectivity index (χ2v) is 5.44. The Morgan fingerprint density at radius 2 is 2.15 bits per heavy atom. The summed E-state index contributed by atoms with van der Waals surface area (Å²) < 4.78 is 22.9. The fraction of sp³-hybridized carbons (Fsp3) is 0.286. The number of sulfone groups is 1. The van der Waals surface area contributed by atoms with Crippen molar-refractivity contribution in [2.45, 2.75) is 11.9 Å². The van der Waals surface area contributed by atoms with Gasteiger partial charge in [0.05, 0.1) is 10.2 Å². The van der Waals surface area contributed by atoms with E-state index < -0.39 is 9.84 Å². The van der Waals surface area contributed by atoms with Crippen LogP contribution in [0.5, 0.6) is 5.88 Å². The normalized spacial score (nSPS) is 11.5. The van der Waals surface area contributed by atoms with Gasteiger partial charge in [-0.2, -0.15) is 0 Å². The summed E-state index contributed by atoms with van der Waals surface area (Å²) in [5, 5.41) is 9.04. The van der Waals surface area contributed by atoms with E-state index in [4.69, 9.17) is 5.11 Å². The minimum Gasteiger partial charge on any atom is -0.492 e. The van der Waals surface area contributed by atoms with E-state index in [2.05, 4.69) is 20.9 Å². The maximum atomic E-state index is 11.3. The van der Waals surface area contributed by atoms with Crippen molar-refractivity contribution in [3.8, 4) is 5.88 Å².